The molecule has 0 saturated carbocycles. The highest BCUT2D eigenvalue weighted by atomic mass is 32.2. The normalized spacial score (nSPS) is 21.2. The van der Waals surface area contributed by atoms with E-state index in [1.165, 1.54) is 14.0 Å². The van der Waals surface area contributed by atoms with Crippen molar-refractivity contribution in [3.8, 4) is 5.75 Å². The van der Waals surface area contributed by atoms with Gasteiger partial charge in [0.1, 0.15) is 35.7 Å². The lowest BCUT2D eigenvalue weighted by atomic mass is 9.99. The number of primary sulfonamides is 1. The first-order valence-electron chi connectivity index (χ1n) is 20.5. The van der Waals surface area contributed by atoms with Crippen LogP contribution in [0.3, 0.4) is 0 Å². The quantitative estimate of drug-likeness (QED) is 0.123. The summed E-state index contributed by atoms with van der Waals surface area (Å²) >= 11 is 0. The van der Waals surface area contributed by atoms with Crippen molar-refractivity contribution in [3.63, 3.8) is 0 Å². The molecule has 1 fully saturated rings. The van der Waals surface area contributed by atoms with Gasteiger partial charge in [-0.05, 0) is 72.7 Å². The molecule has 17 nitrogen and oxygen atoms in total. The number of fused-ring (bicyclic) bond motifs is 1. The molecule has 0 radical (unpaired) electrons. The maximum Gasteiger partial charge on any atom is 0.257 e. The standard InChI is InChI=1S/C44H55FN8O9S/c1-24(2)17-35-42(57)51-36(18-27-11-13-29(62-6)14-12-27)41(56)48-26(5)40(55)52-38(25(3)4)22-53(44(59)32-20-30(63(46,60)61)15-16-33(32)45)23-39(54)49-37(43(58)50-35)19-28-21-47-34-10-8-7-9-31(28)34/h7-16,20-21,24-26,35-38,47H,17-19,22-23H2,1-6H3,(H,48,56)(H,49,54)(H,50,58)(H,51,57)(H,52,55)(H2,46,60,61)/t26-,35+,36+,37-,38-/m1/s1. The van der Waals surface area contributed by atoms with Gasteiger partial charge in [-0.25, -0.2) is 17.9 Å². The lowest BCUT2D eigenvalue weighted by Gasteiger charge is -2.32. The van der Waals surface area contributed by atoms with Crippen LogP contribution in [0, 0.1) is 17.7 Å². The van der Waals surface area contributed by atoms with Gasteiger partial charge in [0.15, 0.2) is 0 Å². The SMILES string of the molecule is COc1ccc(C[C@@H]2NC(=O)[C@H](CC(C)C)NC(=O)[C@@H](Cc3c[nH]c4ccccc34)NC(=O)CN(C(=O)c3cc(S(N)(=O)=O)ccc3F)C[C@H](C(C)C)NC(=O)[C@@H](C)NC2=O)cc1. The van der Waals surface area contributed by atoms with Crippen molar-refractivity contribution in [2.75, 3.05) is 20.2 Å². The third-order valence-electron chi connectivity index (χ3n) is 10.7. The number of carbonyl (C=O) groups excluding carboxylic acids is 6. The summed E-state index contributed by atoms with van der Waals surface area (Å²) in [5, 5.41) is 19.8. The molecule has 3 aromatic carbocycles. The molecule has 0 spiro atoms. The Morgan fingerprint density at radius 2 is 1.46 bits per heavy atom. The number of benzene rings is 3. The minimum Gasteiger partial charge on any atom is -0.497 e. The lowest BCUT2D eigenvalue weighted by molar-refractivity contribution is -0.135. The van der Waals surface area contributed by atoms with Gasteiger partial charge >= 0.3 is 0 Å². The second-order valence-electron chi connectivity index (χ2n) is 16.4. The Morgan fingerprint density at radius 1 is 0.825 bits per heavy atom. The Labute approximate surface area is 365 Å². The molecule has 8 N–H and O–H groups in total. The molecular weight excluding hydrogens is 836 g/mol. The number of aromatic nitrogens is 1. The van der Waals surface area contributed by atoms with Gasteiger partial charge in [0, 0.05) is 42.5 Å². The van der Waals surface area contributed by atoms with Gasteiger partial charge in [-0.2, -0.15) is 0 Å². The van der Waals surface area contributed by atoms with Gasteiger partial charge in [-0.15, -0.1) is 0 Å². The number of halogens is 1. The van der Waals surface area contributed by atoms with Crippen LogP contribution in [-0.4, -0.2) is 104 Å². The summed E-state index contributed by atoms with van der Waals surface area (Å²) < 4.78 is 45.1. The van der Waals surface area contributed by atoms with Gasteiger partial charge < -0.3 is 41.2 Å². The predicted octanol–water partition coefficient (Wildman–Crippen LogP) is 2.05. The number of methoxy groups -OCH3 is 1. The van der Waals surface area contributed by atoms with Gasteiger partial charge in [-0.1, -0.05) is 58.0 Å². The average molecular weight is 891 g/mol. The zero-order chi connectivity index (χ0) is 46.2. The molecule has 2 heterocycles. The Morgan fingerprint density at radius 3 is 2.11 bits per heavy atom. The topological polar surface area (TPSA) is 251 Å². The third-order valence-corrected chi connectivity index (χ3v) is 11.7. The molecule has 0 bridgehead atoms. The first kappa shape index (κ1) is 47.7. The van der Waals surface area contributed by atoms with E-state index < -0.39 is 111 Å². The molecule has 5 rings (SSSR count). The second kappa shape index (κ2) is 20.7. The van der Waals surface area contributed by atoms with E-state index >= 15 is 4.39 Å². The third kappa shape index (κ3) is 12.6. The molecular formula is C44H55FN8O9S. The number of sulfonamides is 1. The summed E-state index contributed by atoms with van der Waals surface area (Å²) in [5.74, 6) is -5.92. The minimum atomic E-state index is -4.40. The van der Waals surface area contributed by atoms with Crippen LogP contribution < -0.4 is 36.5 Å². The van der Waals surface area contributed by atoms with E-state index in [4.69, 9.17) is 9.88 Å². The average Bonchev–Trinajstić information content (AvgIpc) is 3.63. The molecule has 19 heteroatoms. The largest absolute Gasteiger partial charge is 0.497 e. The zero-order valence-corrected chi connectivity index (χ0v) is 36.8. The van der Waals surface area contributed by atoms with Crippen LogP contribution in [0.25, 0.3) is 10.9 Å². The number of H-pyrrole nitrogens is 1. The summed E-state index contributed by atoms with van der Waals surface area (Å²) in [6, 6.07) is 10.6. The van der Waals surface area contributed by atoms with Crippen LogP contribution in [0.1, 0.15) is 62.5 Å². The number of ether oxygens (including phenoxy) is 1. The van der Waals surface area contributed by atoms with E-state index in [0.29, 0.717) is 16.9 Å². The van der Waals surface area contributed by atoms with E-state index in [9.17, 15) is 37.2 Å². The number of carbonyl (C=O) groups is 6. The smallest absolute Gasteiger partial charge is 0.257 e. The fraction of sp³-hybridized carbons (Fsp3) is 0.409. The first-order chi connectivity index (χ1) is 29.7. The molecule has 338 valence electrons. The Kier molecular flexibility index (Phi) is 15.7. The molecule has 0 aliphatic carbocycles. The maximum absolute atomic E-state index is 15.4. The van der Waals surface area contributed by atoms with Crippen molar-refractivity contribution in [1.29, 1.82) is 0 Å². The van der Waals surface area contributed by atoms with Crippen molar-refractivity contribution in [1.82, 2.24) is 36.5 Å². The van der Waals surface area contributed by atoms with Gasteiger partial charge in [0.05, 0.1) is 24.1 Å². The number of rotatable bonds is 10. The van der Waals surface area contributed by atoms with Crippen LogP contribution in [0.4, 0.5) is 4.39 Å². The van der Waals surface area contributed by atoms with Crippen LogP contribution in [0.5, 0.6) is 5.75 Å². The summed E-state index contributed by atoms with van der Waals surface area (Å²) in [4.78, 5) is 88.4. The second-order valence-corrected chi connectivity index (χ2v) is 18.0. The van der Waals surface area contributed by atoms with Crippen molar-refractivity contribution < 1.29 is 46.3 Å². The van der Waals surface area contributed by atoms with Gasteiger partial charge in [0.2, 0.25) is 39.6 Å². The summed E-state index contributed by atoms with van der Waals surface area (Å²) in [7, 11) is -2.89. The number of hydrogen-bond donors (Lipinski definition) is 7. The van der Waals surface area contributed by atoms with Crippen LogP contribution in [0.2, 0.25) is 0 Å². The van der Waals surface area contributed by atoms with E-state index in [1.807, 2.05) is 38.1 Å². The van der Waals surface area contributed by atoms with Crippen molar-refractivity contribution in [2.45, 2.75) is 89.0 Å². The van der Waals surface area contributed by atoms with Gasteiger partial charge in [-0.3, -0.25) is 28.8 Å². The molecule has 1 aromatic heterocycles. The number of amides is 6. The number of aromatic amines is 1. The molecule has 0 unspecified atom stereocenters. The summed E-state index contributed by atoms with van der Waals surface area (Å²) in [5.41, 5.74) is 1.33. The molecule has 5 atom stereocenters. The predicted molar refractivity (Wildman–Crippen MR) is 232 cm³/mol. The summed E-state index contributed by atoms with van der Waals surface area (Å²) in [6.07, 6.45) is 1.72. The van der Waals surface area contributed by atoms with Crippen LogP contribution >= 0.6 is 0 Å². The molecule has 1 aliphatic heterocycles. The molecule has 63 heavy (non-hydrogen) atoms. The van der Waals surface area contributed by atoms with E-state index in [0.717, 1.165) is 34.0 Å². The minimum absolute atomic E-state index is 0.00753. The van der Waals surface area contributed by atoms with Crippen molar-refractivity contribution in [3.05, 3.63) is 95.4 Å². The van der Waals surface area contributed by atoms with E-state index in [1.54, 1.807) is 44.3 Å². The Hall–Kier alpha value is -6.34. The number of para-hydroxylation sites is 1. The lowest BCUT2D eigenvalue weighted by Crippen LogP contribution is -2.60. The molecule has 1 aliphatic rings. The summed E-state index contributed by atoms with van der Waals surface area (Å²) in [6.45, 7) is 7.37. The van der Waals surface area contributed by atoms with Crippen molar-refractivity contribution in [2.24, 2.45) is 17.0 Å². The Bertz CT molecular complexity index is 2440. The number of nitrogens with one attached hydrogen (secondary N) is 6. The fourth-order valence-corrected chi connectivity index (χ4v) is 7.72. The zero-order valence-electron chi connectivity index (χ0n) is 36.0. The number of hydrogen-bond acceptors (Lipinski definition) is 9. The molecule has 4 aromatic rings. The highest BCUT2D eigenvalue weighted by Gasteiger charge is 2.34. The monoisotopic (exact) mass is 890 g/mol. The first-order valence-corrected chi connectivity index (χ1v) is 22.1. The number of nitrogens with two attached hydrogens (primary N) is 1. The van der Waals surface area contributed by atoms with Crippen LogP contribution in [0.15, 0.2) is 77.8 Å². The maximum atomic E-state index is 15.4. The highest BCUT2D eigenvalue weighted by molar-refractivity contribution is 7.89. The van der Waals surface area contributed by atoms with Crippen LogP contribution in [-0.2, 0) is 46.8 Å². The van der Waals surface area contributed by atoms with E-state index in [-0.39, 0.29) is 25.2 Å². The molecule has 1 saturated heterocycles. The van der Waals surface area contributed by atoms with Crippen molar-refractivity contribution >= 4 is 56.4 Å². The number of nitrogens with zero attached hydrogens (tertiary/aromatic N) is 1. The van der Waals surface area contributed by atoms with Gasteiger partial charge in [0.25, 0.3) is 5.91 Å². The van der Waals surface area contributed by atoms with E-state index in [2.05, 4.69) is 31.6 Å². The highest BCUT2D eigenvalue weighted by Crippen LogP contribution is 2.21. The molecule has 6 amide bonds. The Balaban J connectivity index is 1.59. The fourth-order valence-electron chi connectivity index (χ4n) is 7.18.